The lowest BCUT2D eigenvalue weighted by Crippen LogP contribution is -2.50. The number of allylic oxidation sites excluding steroid dienone is 1. The standard InChI is InChI=1S/C23H29N5O4.C2H6/c1-5-7-20-16(3)21(25-14-24-20)32-18-9-10-19(15(2)12-18)27-22(29)26-17-8-6-11-28(13-17)23(30)31-4;1-2/h5,7,9-10,12,14,17H,6,8,11,13H2,1-4H3,(H2,26,27,29);1-2H3/b7-5-;. The Hall–Kier alpha value is -3.62. The van der Waals surface area contributed by atoms with Crippen molar-refractivity contribution in [3.05, 3.63) is 47.4 Å². The largest absolute Gasteiger partial charge is 0.453 e. The Morgan fingerprint density at radius 1 is 1.21 bits per heavy atom. The first kappa shape index (κ1) is 26.6. The third-order valence-corrected chi connectivity index (χ3v) is 5.25. The summed E-state index contributed by atoms with van der Waals surface area (Å²) in [6.45, 7) is 10.8. The molecule has 34 heavy (non-hydrogen) atoms. The van der Waals surface area contributed by atoms with E-state index in [2.05, 4.69) is 20.6 Å². The second-order valence-electron chi connectivity index (χ2n) is 7.62. The maximum atomic E-state index is 12.5. The van der Waals surface area contributed by atoms with Gasteiger partial charge in [0.2, 0.25) is 5.88 Å². The summed E-state index contributed by atoms with van der Waals surface area (Å²) in [7, 11) is 1.36. The zero-order valence-corrected chi connectivity index (χ0v) is 20.8. The smallest absolute Gasteiger partial charge is 0.409 e. The van der Waals surface area contributed by atoms with Gasteiger partial charge in [0.15, 0.2) is 0 Å². The average molecular weight is 470 g/mol. The van der Waals surface area contributed by atoms with E-state index >= 15 is 0 Å². The third-order valence-electron chi connectivity index (χ3n) is 5.25. The van der Waals surface area contributed by atoms with E-state index in [9.17, 15) is 9.59 Å². The van der Waals surface area contributed by atoms with E-state index in [0.29, 0.717) is 30.4 Å². The van der Waals surface area contributed by atoms with Crippen molar-refractivity contribution >= 4 is 23.9 Å². The van der Waals surface area contributed by atoms with E-state index in [-0.39, 0.29) is 18.2 Å². The van der Waals surface area contributed by atoms with E-state index < -0.39 is 0 Å². The van der Waals surface area contributed by atoms with Gasteiger partial charge in [0.1, 0.15) is 12.1 Å². The molecule has 1 fully saturated rings. The van der Waals surface area contributed by atoms with Crippen LogP contribution in [0.4, 0.5) is 15.3 Å². The van der Waals surface area contributed by atoms with Crippen LogP contribution in [-0.4, -0.2) is 53.2 Å². The number of piperidine rings is 1. The van der Waals surface area contributed by atoms with E-state index in [1.807, 2.05) is 52.8 Å². The third kappa shape index (κ3) is 7.19. The number of ether oxygens (including phenoxy) is 2. The van der Waals surface area contributed by atoms with E-state index in [0.717, 1.165) is 29.7 Å². The molecule has 1 atom stereocenters. The molecule has 1 aliphatic heterocycles. The number of anilines is 1. The van der Waals surface area contributed by atoms with Crippen molar-refractivity contribution in [2.45, 2.75) is 53.5 Å². The number of nitrogens with one attached hydrogen (secondary N) is 2. The number of amides is 3. The maximum absolute atomic E-state index is 12.5. The van der Waals surface area contributed by atoms with Crippen LogP contribution in [0.15, 0.2) is 30.6 Å². The molecule has 1 saturated heterocycles. The van der Waals surface area contributed by atoms with Crippen molar-refractivity contribution in [1.82, 2.24) is 20.2 Å². The lowest BCUT2D eigenvalue weighted by atomic mass is 10.1. The first-order valence-electron chi connectivity index (χ1n) is 11.5. The van der Waals surface area contributed by atoms with Gasteiger partial charge in [-0.15, -0.1) is 0 Å². The molecule has 3 amide bonds. The molecule has 3 rings (SSSR count). The molecule has 9 heteroatoms. The maximum Gasteiger partial charge on any atom is 0.409 e. The Morgan fingerprint density at radius 2 is 1.97 bits per heavy atom. The van der Waals surface area contributed by atoms with Gasteiger partial charge in [0, 0.05) is 30.4 Å². The van der Waals surface area contributed by atoms with Crippen molar-refractivity contribution in [3.63, 3.8) is 0 Å². The summed E-state index contributed by atoms with van der Waals surface area (Å²) < 4.78 is 10.7. The SMILES string of the molecule is C/C=C\c1ncnc(Oc2ccc(NC(=O)NC3CCCN(C(=O)OC)C3)c(C)c2)c1C.CC. The number of carbonyl (C=O) groups is 2. The van der Waals surface area contributed by atoms with Gasteiger partial charge < -0.3 is 25.0 Å². The Kier molecular flexibility index (Phi) is 10.3. The predicted molar refractivity (Wildman–Crippen MR) is 133 cm³/mol. The number of hydrogen-bond acceptors (Lipinski definition) is 6. The molecule has 1 aromatic carbocycles. The second kappa shape index (κ2) is 13.2. The molecule has 0 spiro atoms. The fourth-order valence-electron chi connectivity index (χ4n) is 3.56. The highest BCUT2D eigenvalue weighted by atomic mass is 16.5. The zero-order valence-electron chi connectivity index (χ0n) is 20.8. The molecule has 184 valence electrons. The van der Waals surface area contributed by atoms with Crippen molar-refractivity contribution < 1.29 is 19.1 Å². The minimum Gasteiger partial charge on any atom is -0.453 e. The summed E-state index contributed by atoms with van der Waals surface area (Å²) in [5.74, 6) is 1.10. The second-order valence-corrected chi connectivity index (χ2v) is 7.62. The van der Waals surface area contributed by atoms with Crippen LogP contribution in [-0.2, 0) is 4.74 Å². The van der Waals surface area contributed by atoms with Gasteiger partial charge in [-0.25, -0.2) is 19.6 Å². The highest BCUT2D eigenvalue weighted by molar-refractivity contribution is 5.90. The number of likely N-dealkylation sites (tertiary alicyclic amines) is 1. The van der Waals surface area contributed by atoms with Gasteiger partial charge in [-0.05, 0) is 63.5 Å². The number of urea groups is 1. The van der Waals surface area contributed by atoms with Crippen LogP contribution in [0.1, 0.15) is 50.4 Å². The van der Waals surface area contributed by atoms with E-state index in [1.54, 1.807) is 17.0 Å². The zero-order chi connectivity index (χ0) is 25.1. The molecule has 0 bridgehead atoms. The molecule has 0 aliphatic carbocycles. The summed E-state index contributed by atoms with van der Waals surface area (Å²) >= 11 is 0. The van der Waals surface area contributed by atoms with Crippen LogP contribution in [0.3, 0.4) is 0 Å². The van der Waals surface area contributed by atoms with Crippen LogP contribution in [0.25, 0.3) is 6.08 Å². The normalized spacial score (nSPS) is 15.2. The van der Waals surface area contributed by atoms with Crippen molar-refractivity contribution in [3.8, 4) is 11.6 Å². The van der Waals surface area contributed by atoms with Gasteiger partial charge in [0.05, 0.1) is 12.8 Å². The van der Waals surface area contributed by atoms with Gasteiger partial charge >= 0.3 is 12.1 Å². The topological polar surface area (TPSA) is 106 Å². The molecule has 1 aromatic heterocycles. The van der Waals surface area contributed by atoms with E-state index in [1.165, 1.54) is 13.4 Å². The lowest BCUT2D eigenvalue weighted by Gasteiger charge is -2.32. The molecular formula is C25H35N5O4. The fourth-order valence-corrected chi connectivity index (χ4v) is 3.56. The number of aromatic nitrogens is 2. The first-order valence-corrected chi connectivity index (χ1v) is 11.5. The van der Waals surface area contributed by atoms with Crippen LogP contribution < -0.4 is 15.4 Å². The lowest BCUT2D eigenvalue weighted by molar-refractivity contribution is 0.108. The molecule has 1 aliphatic rings. The molecule has 2 N–H and O–H groups in total. The molecule has 1 unspecified atom stereocenters. The number of hydrogen-bond donors (Lipinski definition) is 2. The van der Waals surface area contributed by atoms with Crippen molar-refractivity contribution in [1.29, 1.82) is 0 Å². The molecule has 0 saturated carbocycles. The van der Waals surface area contributed by atoms with Crippen LogP contribution in [0, 0.1) is 13.8 Å². The monoisotopic (exact) mass is 469 g/mol. The van der Waals surface area contributed by atoms with Crippen LogP contribution >= 0.6 is 0 Å². The van der Waals surface area contributed by atoms with Crippen LogP contribution in [0.5, 0.6) is 11.6 Å². The molecular weight excluding hydrogens is 434 g/mol. The first-order chi connectivity index (χ1) is 16.4. The Morgan fingerprint density at radius 3 is 2.65 bits per heavy atom. The minimum atomic E-state index is -0.375. The molecule has 0 radical (unpaired) electrons. The fraction of sp³-hybridized carbons (Fsp3) is 0.440. The van der Waals surface area contributed by atoms with Crippen molar-refractivity contribution in [2.24, 2.45) is 0 Å². The number of aryl methyl sites for hydroxylation is 1. The summed E-state index contributed by atoms with van der Waals surface area (Å²) in [4.78, 5) is 34.3. The molecule has 2 heterocycles. The quantitative estimate of drug-likeness (QED) is 0.616. The number of carbonyl (C=O) groups excluding carboxylic acids is 2. The summed E-state index contributed by atoms with van der Waals surface area (Å²) in [5.41, 5.74) is 3.17. The Labute approximate surface area is 201 Å². The Bertz CT molecular complexity index is 1010. The van der Waals surface area contributed by atoms with E-state index in [4.69, 9.17) is 9.47 Å². The van der Waals surface area contributed by atoms with Gasteiger partial charge in [0.25, 0.3) is 0 Å². The number of nitrogens with zero attached hydrogens (tertiary/aromatic N) is 3. The predicted octanol–water partition coefficient (Wildman–Crippen LogP) is 5.30. The number of benzene rings is 1. The highest BCUT2D eigenvalue weighted by Crippen LogP contribution is 2.28. The Balaban J connectivity index is 0.00000199. The van der Waals surface area contributed by atoms with Crippen molar-refractivity contribution in [2.75, 3.05) is 25.5 Å². The molecule has 2 aromatic rings. The average Bonchev–Trinajstić information content (AvgIpc) is 2.84. The number of rotatable bonds is 5. The van der Waals surface area contributed by atoms with Gasteiger partial charge in [-0.1, -0.05) is 19.9 Å². The van der Waals surface area contributed by atoms with Gasteiger partial charge in [-0.3, -0.25) is 0 Å². The highest BCUT2D eigenvalue weighted by Gasteiger charge is 2.25. The molecule has 9 nitrogen and oxygen atoms in total. The summed E-state index contributed by atoms with van der Waals surface area (Å²) in [5, 5.41) is 5.80. The summed E-state index contributed by atoms with van der Waals surface area (Å²) in [6.07, 6.45) is 6.52. The van der Waals surface area contributed by atoms with Gasteiger partial charge in [-0.2, -0.15) is 0 Å². The summed E-state index contributed by atoms with van der Waals surface area (Å²) in [6, 6.07) is 4.96. The number of methoxy groups -OCH3 is 1. The van der Waals surface area contributed by atoms with Crippen LogP contribution in [0.2, 0.25) is 0 Å². The minimum absolute atomic E-state index is 0.127.